The first-order valence-corrected chi connectivity index (χ1v) is 8.98. The summed E-state index contributed by atoms with van der Waals surface area (Å²) in [6.07, 6.45) is 0. The molecular formula is C13H9NO5S3. The highest BCUT2D eigenvalue weighted by molar-refractivity contribution is 8.01. The van der Waals surface area contributed by atoms with E-state index < -0.39 is 10.1 Å². The van der Waals surface area contributed by atoms with E-state index in [-0.39, 0.29) is 16.4 Å². The molecule has 0 aliphatic heterocycles. The Balaban J connectivity index is 2.00. The van der Waals surface area contributed by atoms with Crippen molar-refractivity contribution in [2.75, 3.05) is 0 Å². The summed E-state index contributed by atoms with van der Waals surface area (Å²) < 4.78 is 32.6. The third-order valence-electron chi connectivity index (χ3n) is 2.78. The number of phenolic OH excluding ortho intramolecular Hbond substituents is 2. The molecule has 22 heavy (non-hydrogen) atoms. The lowest BCUT2D eigenvalue weighted by molar-refractivity contribution is 0.448. The average molecular weight is 355 g/mol. The van der Waals surface area contributed by atoms with Crippen molar-refractivity contribution in [3.05, 3.63) is 36.4 Å². The summed E-state index contributed by atoms with van der Waals surface area (Å²) in [5.41, 5.74) is 0.433. The van der Waals surface area contributed by atoms with Gasteiger partial charge in [0.15, 0.2) is 4.34 Å². The van der Waals surface area contributed by atoms with E-state index in [0.29, 0.717) is 14.8 Å². The van der Waals surface area contributed by atoms with Gasteiger partial charge < -0.3 is 10.2 Å². The molecule has 0 unspecified atom stereocenters. The Morgan fingerprint density at radius 1 is 1.09 bits per heavy atom. The van der Waals surface area contributed by atoms with Crippen LogP contribution in [0.2, 0.25) is 0 Å². The van der Waals surface area contributed by atoms with Gasteiger partial charge in [0.2, 0.25) is 0 Å². The monoisotopic (exact) mass is 355 g/mol. The number of aromatic hydroxyl groups is 2. The molecule has 114 valence electrons. The minimum Gasteiger partial charge on any atom is -0.508 e. The smallest absolute Gasteiger partial charge is 0.294 e. The van der Waals surface area contributed by atoms with E-state index >= 15 is 0 Å². The van der Waals surface area contributed by atoms with E-state index in [1.165, 1.54) is 41.7 Å². The predicted octanol–water partition coefficient (Wildman–Crippen LogP) is 3.11. The number of aromatic nitrogens is 1. The van der Waals surface area contributed by atoms with Crippen molar-refractivity contribution < 1.29 is 23.2 Å². The Kier molecular flexibility index (Phi) is 3.73. The fourth-order valence-corrected chi connectivity index (χ4v) is 4.34. The molecule has 0 aliphatic carbocycles. The Bertz CT molecular complexity index is 965. The molecule has 0 aliphatic rings. The van der Waals surface area contributed by atoms with Gasteiger partial charge in [-0.2, -0.15) is 8.42 Å². The summed E-state index contributed by atoms with van der Waals surface area (Å²) in [7, 11) is -4.27. The summed E-state index contributed by atoms with van der Waals surface area (Å²) in [4.78, 5) is 4.48. The van der Waals surface area contributed by atoms with Crippen LogP contribution in [0.15, 0.2) is 50.5 Å². The first kappa shape index (κ1) is 15.1. The maximum Gasteiger partial charge on any atom is 0.294 e. The fraction of sp³-hybridized carbons (Fsp3) is 0. The number of rotatable bonds is 3. The molecule has 3 aromatic rings. The van der Waals surface area contributed by atoms with Crippen LogP contribution < -0.4 is 0 Å². The van der Waals surface area contributed by atoms with E-state index in [1.54, 1.807) is 6.07 Å². The molecule has 1 heterocycles. The number of nitrogens with zero attached hydrogens (tertiary/aromatic N) is 1. The first-order valence-electron chi connectivity index (χ1n) is 5.91. The molecule has 2 aromatic carbocycles. The highest BCUT2D eigenvalue weighted by Crippen LogP contribution is 2.40. The lowest BCUT2D eigenvalue weighted by Crippen LogP contribution is -1.96. The maximum absolute atomic E-state index is 11.1. The highest BCUT2D eigenvalue weighted by Gasteiger charge is 2.14. The van der Waals surface area contributed by atoms with Crippen LogP contribution in [0.4, 0.5) is 0 Å². The van der Waals surface area contributed by atoms with Crippen LogP contribution in [0.3, 0.4) is 0 Å². The predicted molar refractivity (Wildman–Crippen MR) is 83.3 cm³/mol. The molecular weight excluding hydrogens is 346 g/mol. The maximum atomic E-state index is 11.1. The zero-order valence-electron chi connectivity index (χ0n) is 10.8. The van der Waals surface area contributed by atoms with Gasteiger partial charge in [0.05, 0.1) is 20.0 Å². The van der Waals surface area contributed by atoms with Gasteiger partial charge in [-0.15, -0.1) is 11.3 Å². The van der Waals surface area contributed by atoms with Gasteiger partial charge >= 0.3 is 0 Å². The number of hydrogen-bond acceptors (Lipinski definition) is 7. The van der Waals surface area contributed by atoms with Crippen LogP contribution in [0.5, 0.6) is 11.5 Å². The molecule has 0 bridgehead atoms. The summed E-state index contributed by atoms with van der Waals surface area (Å²) in [6, 6.07) is 8.30. The zero-order chi connectivity index (χ0) is 15.9. The van der Waals surface area contributed by atoms with E-state index in [4.69, 9.17) is 4.55 Å². The molecule has 0 atom stereocenters. The Hall–Kier alpha value is -1.81. The largest absolute Gasteiger partial charge is 0.508 e. The van der Waals surface area contributed by atoms with Crippen LogP contribution in [0, 0.1) is 0 Å². The Labute approximate surface area is 133 Å². The quantitative estimate of drug-likeness (QED) is 0.489. The van der Waals surface area contributed by atoms with Crippen molar-refractivity contribution in [3.8, 4) is 11.5 Å². The molecule has 0 saturated heterocycles. The van der Waals surface area contributed by atoms with Crippen LogP contribution in [0.25, 0.3) is 10.2 Å². The van der Waals surface area contributed by atoms with Crippen molar-refractivity contribution in [3.63, 3.8) is 0 Å². The Morgan fingerprint density at radius 3 is 2.59 bits per heavy atom. The van der Waals surface area contributed by atoms with Gasteiger partial charge in [0.1, 0.15) is 11.5 Å². The molecule has 3 rings (SSSR count). The Morgan fingerprint density at radius 2 is 1.86 bits per heavy atom. The standard InChI is InChI=1S/C13H9NO5S3/c15-7-1-3-10(16)12(5-7)21-13-14-9-6-8(22(17,18)19)2-4-11(9)20-13/h1-6,15-16H,(H,17,18,19). The number of benzene rings is 2. The molecule has 6 nitrogen and oxygen atoms in total. The number of fused-ring (bicyclic) bond motifs is 1. The van der Waals surface area contributed by atoms with Crippen molar-refractivity contribution in [1.29, 1.82) is 0 Å². The van der Waals surface area contributed by atoms with Crippen molar-refractivity contribution in [1.82, 2.24) is 4.98 Å². The fourth-order valence-electron chi connectivity index (χ4n) is 1.77. The topological polar surface area (TPSA) is 108 Å². The SMILES string of the molecule is O=S(=O)(O)c1ccc2sc(Sc3cc(O)ccc3O)nc2c1. The summed E-state index contributed by atoms with van der Waals surface area (Å²) in [5.74, 6) is 0.0377. The van der Waals surface area contributed by atoms with Crippen LogP contribution in [-0.2, 0) is 10.1 Å². The van der Waals surface area contributed by atoms with Crippen molar-refractivity contribution >= 4 is 43.4 Å². The van der Waals surface area contributed by atoms with Crippen molar-refractivity contribution in [2.45, 2.75) is 14.1 Å². The second kappa shape index (κ2) is 5.43. The van der Waals surface area contributed by atoms with E-state index in [2.05, 4.69) is 4.98 Å². The second-order valence-electron chi connectivity index (χ2n) is 4.34. The normalized spacial score (nSPS) is 11.9. The minimum atomic E-state index is -4.27. The average Bonchev–Trinajstić information content (AvgIpc) is 2.83. The molecule has 0 amide bonds. The van der Waals surface area contributed by atoms with E-state index in [0.717, 1.165) is 16.5 Å². The van der Waals surface area contributed by atoms with Crippen molar-refractivity contribution in [2.24, 2.45) is 0 Å². The van der Waals surface area contributed by atoms with Gasteiger partial charge in [-0.3, -0.25) is 4.55 Å². The summed E-state index contributed by atoms with van der Waals surface area (Å²) in [5, 5.41) is 19.2. The first-order chi connectivity index (χ1) is 10.3. The summed E-state index contributed by atoms with van der Waals surface area (Å²) in [6.45, 7) is 0. The molecule has 3 N–H and O–H groups in total. The molecule has 0 saturated carbocycles. The molecule has 1 aromatic heterocycles. The van der Waals surface area contributed by atoms with Crippen LogP contribution in [0.1, 0.15) is 0 Å². The van der Waals surface area contributed by atoms with Gasteiger partial charge in [-0.05, 0) is 36.4 Å². The summed E-state index contributed by atoms with van der Waals surface area (Å²) >= 11 is 2.46. The molecule has 0 spiro atoms. The van der Waals surface area contributed by atoms with Crippen LogP contribution >= 0.6 is 23.1 Å². The zero-order valence-corrected chi connectivity index (χ0v) is 13.2. The molecule has 9 heteroatoms. The number of hydrogen-bond donors (Lipinski definition) is 3. The van der Waals surface area contributed by atoms with E-state index in [9.17, 15) is 18.6 Å². The lowest BCUT2D eigenvalue weighted by Gasteiger charge is -2.01. The molecule has 0 fully saturated rings. The van der Waals surface area contributed by atoms with Gasteiger partial charge in [-0.1, -0.05) is 11.8 Å². The van der Waals surface area contributed by atoms with Crippen LogP contribution in [-0.4, -0.2) is 28.2 Å². The third-order valence-corrected chi connectivity index (χ3v) is 5.77. The number of thiazole rings is 1. The molecule has 0 radical (unpaired) electrons. The van der Waals surface area contributed by atoms with Gasteiger partial charge in [-0.25, -0.2) is 4.98 Å². The minimum absolute atomic E-state index is 0.0145. The van der Waals surface area contributed by atoms with Gasteiger partial charge in [0, 0.05) is 0 Å². The second-order valence-corrected chi connectivity index (χ2v) is 8.08. The highest BCUT2D eigenvalue weighted by atomic mass is 32.2. The lowest BCUT2D eigenvalue weighted by atomic mass is 10.3. The number of phenols is 2. The van der Waals surface area contributed by atoms with E-state index in [1.807, 2.05) is 0 Å². The van der Waals surface area contributed by atoms with Gasteiger partial charge in [0.25, 0.3) is 10.1 Å². The third kappa shape index (κ3) is 3.02.